The van der Waals surface area contributed by atoms with E-state index in [1.54, 1.807) is 18.3 Å². The third kappa shape index (κ3) is 5.37. The number of rotatable bonds is 7. The van der Waals surface area contributed by atoms with E-state index < -0.39 is 11.7 Å². The maximum Gasteiger partial charge on any atom is 0.260 e. The molecule has 3 aromatic heterocycles. The number of nitrogens with one attached hydrogen (secondary N) is 3. The molecular formula is C26H29FN8O2. The van der Waals surface area contributed by atoms with Gasteiger partial charge in [-0.05, 0) is 44.3 Å². The molecule has 1 aromatic carbocycles. The first kappa shape index (κ1) is 24.6. The minimum absolute atomic E-state index is 0.0452. The van der Waals surface area contributed by atoms with Crippen molar-refractivity contribution in [3.8, 4) is 11.6 Å². The van der Waals surface area contributed by atoms with E-state index in [9.17, 15) is 4.79 Å². The average molecular weight is 505 g/mol. The number of ether oxygens (including phenoxy) is 1. The van der Waals surface area contributed by atoms with Crippen LogP contribution >= 0.6 is 0 Å². The Balaban J connectivity index is 1.37. The number of aryl methyl sites for hydroxylation is 1. The van der Waals surface area contributed by atoms with E-state index >= 15 is 4.39 Å². The number of aromatic nitrogens is 4. The van der Waals surface area contributed by atoms with Crippen LogP contribution in [-0.2, 0) is 6.54 Å². The summed E-state index contributed by atoms with van der Waals surface area (Å²) in [5.74, 6) is -0.912. The molecule has 0 atom stereocenters. The highest BCUT2D eigenvalue weighted by Gasteiger charge is 2.22. The number of hydrogen-bond acceptors (Lipinski definition) is 8. The van der Waals surface area contributed by atoms with Gasteiger partial charge in [-0.3, -0.25) is 14.7 Å². The summed E-state index contributed by atoms with van der Waals surface area (Å²) < 4.78 is 20.9. The first-order valence-corrected chi connectivity index (χ1v) is 12.1. The van der Waals surface area contributed by atoms with Gasteiger partial charge in [-0.2, -0.15) is 0 Å². The van der Waals surface area contributed by atoms with E-state index in [1.807, 2.05) is 19.1 Å². The van der Waals surface area contributed by atoms with Crippen LogP contribution in [0.25, 0.3) is 10.9 Å². The summed E-state index contributed by atoms with van der Waals surface area (Å²) in [7, 11) is 3.62. The Morgan fingerprint density at radius 3 is 2.68 bits per heavy atom. The van der Waals surface area contributed by atoms with E-state index in [-0.39, 0.29) is 23.0 Å². The lowest BCUT2D eigenvalue weighted by molar-refractivity contribution is 0.0960. The van der Waals surface area contributed by atoms with Crippen LogP contribution in [0, 0.1) is 12.7 Å². The number of H-pyrrole nitrogens is 1. The molecule has 4 heterocycles. The summed E-state index contributed by atoms with van der Waals surface area (Å²) in [4.78, 5) is 33.5. The molecule has 11 heteroatoms. The molecule has 1 saturated heterocycles. The van der Waals surface area contributed by atoms with Crippen molar-refractivity contribution in [2.24, 2.45) is 0 Å². The second-order valence-electron chi connectivity index (χ2n) is 9.12. The van der Waals surface area contributed by atoms with Crippen molar-refractivity contribution >= 4 is 28.3 Å². The second-order valence-corrected chi connectivity index (χ2v) is 9.12. The van der Waals surface area contributed by atoms with Crippen LogP contribution in [0.3, 0.4) is 0 Å². The molecule has 3 N–H and O–H groups in total. The minimum Gasteiger partial charge on any atom is -0.435 e. The summed E-state index contributed by atoms with van der Waals surface area (Å²) in [6.07, 6.45) is 2.96. The lowest BCUT2D eigenvalue weighted by Gasteiger charge is -2.32. The highest BCUT2D eigenvalue weighted by atomic mass is 19.1. The zero-order valence-corrected chi connectivity index (χ0v) is 21.0. The predicted molar refractivity (Wildman–Crippen MR) is 139 cm³/mol. The van der Waals surface area contributed by atoms with E-state index in [0.717, 1.165) is 44.1 Å². The molecule has 1 amide bonds. The number of halogens is 1. The molecule has 0 aliphatic carbocycles. The Morgan fingerprint density at radius 1 is 1.14 bits per heavy atom. The van der Waals surface area contributed by atoms with Gasteiger partial charge in [-0.25, -0.2) is 14.4 Å². The fraction of sp³-hybridized carbons (Fsp3) is 0.308. The van der Waals surface area contributed by atoms with Crippen LogP contribution < -0.4 is 15.4 Å². The first-order valence-electron chi connectivity index (χ1n) is 12.1. The summed E-state index contributed by atoms with van der Waals surface area (Å²) in [5.41, 5.74) is 3.14. The van der Waals surface area contributed by atoms with Crippen molar-refractivity contribution in [2.75, 3.05) is 45.6 Å². The molecule has 1 aliphatic rings. The Kier molecular flexibility index (Phi) is 6.97. The molecule has 1 fully saturated rings. The summed E-state index contributed by atoms with van der Waals surface area (Å²) in [6.45, 7) is 6.73. The maximum absolute atomic E-state index is 15.1. The number of benzene rings is 1. The maximum atomic E-state index is 15.1. The van der Waals surface area contributed by atoms with Gasteiger partial charge in [0, 0.05) is 56.4 Å². The standard InChI is InChI=1S/C26H29FN8O2/c1-16-12-19-20(32-16)6-7-21(23(19)27)37-26-22(25(36)28-2)24(30-15-31-26)33-17-4-5-18(29-13-17)14-35-10-8-34(3)9-11-35/h4-7,12-13,15,32H,8-11,14H2,1-3H3,(H,28,36)(H,30,31,33). The molecule has 10 nitrogen and oxygen atoms in total. The van der Waals surface area contributed by atoms with Gasteiger partial charge in [-0.1, -0.05) is 0 Å². The molecule has 192 valence electrons. The van der Waals surface area contributed by atoms with Gasteiger partial charge in [0.05, 0.1) is 17.6 Å². The minimum atomic E-state index is -0.544. The van der Waals surface area contributed by atoms with Crippen molar-refractivity contribution < 1.29 is 13.9 Å². The average Bonchev–Trinajstić information content (AvgIpc) is 3.29. The second kappa shape index (κ2) is 10.5. The lowest BCUT2D eigenvalue weighted by Crippen LogP contribution is -2.43. The van der Waals surface area contributed by atoms with Crippen LogP contribution in [0.1, 0.15) is 21.7 Å². The molecule has 37 heavy (non-hydrogen) atoms. The smallest absolute Gasteiger partial charge is 0.260 e. The normalized spacial score (nSPS) is 14.6. The Bertz CT molecular complexity index is 1410. The summed E-state index contributed by atoms with van der Waals surface area (Å²) in [6, 6.07) is 8.75. The van der Waals surface area contributed by atoms with Crippen molar-refractivity contribution in [1.82, 2.24) is 35.1 Å². The number of anilines is 2. The van der Waals surface area contributed by atoms with Gasteiger partial charge >= 0.3 is 0 Å². The van der Waals surface area contributed by atoms with Crippen LogP contribution in [0.15, 0.2) is 42.9 Å². The first-order chi connectivity index (χ1) is 17.9. The number of likely N-dealkylation sites (N-methyl/N-ethyl adjacent to an activating group) is 1. The van der Waals surface area contributed by atoms with Gasteiger partial charge < -0.3 is 25.3 Å². The number of piperazine rings is 1. The van der Waals surface area contributed by atoms with E-state index in [2.05, 4.69) is 47.4 Å². The Labute approximate surface area is 213 Å². The predicted octanol–water partition coefficient (Wildman–Crippen LogP) is 3.44. The van der Waals surface area contributed by atoms with Crippen LogP contribution in [-0.4, -0.2) is 75.9 Å². The zero-order valence-electron chi connectivity index (χ0n) is 21.0. The number of fused-ring (bicyclic) bond motifs is 1. The number of carbonyl (C=O) groups excluding carboxylic acids is 1. The zero-order chi connectivity index (χ0) is 25.9. The van der Waals surface area contributed by atoms with Crippen molar-refractivity contribution in [3.05, 3.63) is 65.6 Å². The third-order valence-electron chi connectivity index (χ3n) is 6.38. The largest absolute Gasteiger partial charge is 0.435 e. The quantitative estimate of drug-likeness (QED) is 0.351. The Morgan fingerprint density at radius 2 is 1.95 bits per heavy atom. The lowest BCUT2D eigenvalue weighted by atomic mass is 10.2. The van der Waals surface area contributed by atoms with Crippen molar-refractivity contribution in [2.45, 2.75) is 13.5 Å². The fourth-order valence-corrected chi connectivity index (χ4v) is 4.31. The number of nitrogens with zero attached hydrogens (tertiary/aromatic N) is 5. The molecule has 0 spiro atoms. The number of amides is 1. The summed E-state index contributed by atoms with van der Waals surface area (Å²) >= 11 is 0. The number of hydrogen-bond donors (Lipinski definition) is 3. The molecule has 0 unspecified atom stereocenters. The molecule has 0 radical (unpaired) electrons. The highest BCUT2D eigenvalue weighted by Crippen LogP contribution is 2.33. The number of aromatic amines is 1. The van der Waals surface area contributed by atoms with Gasteiger partial charge in [0.1, 0.15) is 11.9 Å². The third-order valence-corrected chi connectivity index (χ3v) is 6.38. The topological polar surface area (TPSA) is 111 Å². The van der Waals surface area contributed by atoms with Gasteiger partial charge in [-0.15, -0.1) is 0 Å². The molecule has 0 saturated carbocycles. The molecule has 4 aromatic rings. The van der Waals surface area contributed by atoms with Gasteiger partial charge in [0.2, 0.25) is 5.88 Å². The van der Waals surface area contributed by atoms with Crippen LogP contribution in [0.5, 0.6) is 11.6 Å². The van der Waals surface area contributed by atoms with Crippen molar-refractivity contribution in [3.63, 3.8) is 0 Å². The highest BCUT2D eigenvalue weighted by molar-refractivity contribution is 6.01. The molecule has 5 rings (SSSR count). The summed E-state index contributed by atoms with van der Waals surface area (Å²) in [5, 5.41) is 6.10. The van der Waals surface area contributed by atoms with E-state index in [0.29, 0.717) is 16.6 Å². The fourth-order valence-electron chi connectivity index (χ4n) is 4.31. The van der Waals surface area contributed by atoms with Gasteiger partial charge in [0.25, 0.3) is 5.91 Å². The van der Waals surface area contributed by atoms with Crippen LogP contribution in [0.2, 0.25) is 0 Å². The molecule has 0 bridgehead atoms. The van der Waals surface area contributed by atoms with E-state index in [1.165, 1.54) is 19.4 Å². The Hall–Kier alpha value is -4.09. The van der Waals surface area contributed by atoms with Crippen LogP contribution in [0.4, 0.5) is 15.9 Å². The van der Waals surface area contributed by atoms with E-state index in [4.69, 9.17) is 4.74 Å². The number of carbonyl (C=O) groups is 1. The molecular weight excluding hydrogens is 475 g/mol. The monoisotopic (exact) mass is 504 g/mol. The SMILES string of the molecule is CNC(=O)c1c(Nc2ccc(CN3CCN(C)CC3)nc2)ncnc1Oc1ccc2[nH]c(C)cc2c1F. The van der Waals surface area contributed by atoms with Gasteiger partial charge in [0.15, 0.2) is 17.4 Å². The van der Waals surface area contributed by atoms with Crippen molar-refractivity contribution in [1.29, 1.82) is 0 Å². The molecule has 1 aliphatic heterocycles. The number of pyridine rings is 1.